The Balaban J connectivity index is 1.80. The summed E-state index contributed by atoms with van der Waals surface area (Å²) in [6, 6.07) is 12.4. The van der Waals surface area contributed by atoms with Crippen LogP contribution in [0.4, 0.5) is 5.82 Å². The molecule has 2 N–H and O–H groups in total. The number of aromatic nitrogens is 2. The Kier molecular flexibility index (Phi) is 4.70. The summed E-state index contributed by atoms with van der Waals surface area (Å²) in [4.78, 5) is 2.35. The summed E-state index contributed by atoms with van der Waals surface area (Å²) < 4.78 is 0. The Hall–Kier alpha value is -2.66. The van der Waals surface area contributed by atoms with Crippen LogP contribution in [0.5, 0.6) is 5.75 Å². The molecule has 3 aromatic rings. The van der Waals surface area contributed by atoms with Crippen molar-refractivity contribution < 1.29 is 5.11 Å². The number of rotatable bonds is 3. The monoisotopic (exact) mass is 362 g/mol. The fourth-order valence-corrected chi connectivity index (χ4v) is 3.89. The van der Waals surface area contributed by atoms with E-state index in [1.807, 2.05) is 19.1 Å². The number of aryl methyl sites for hydroxylation is 2. The molecular weight excluding hydrogens is 336 g/mol. The lowest BCUT2D eigenvalue weighted by Crippen LogP contribution is -2.40. The first kappa shape index (κ1) is 17.7. The van der Waals surface area contributed by atoms with Crippen LogP contribution in [0.2, 0.25) is 0 Å². The van der Waals surface area contributed by atoms with Gasteiger partial charge in [-0.05, 0) is 64.0 Å². The Morgan fingerprint density at radius 3 is 2.59 bits per heavy atom. The second-order valence-corrected chi connectivity index (χ2v) is 7.71. The zero-order valence-corrected chi connectivity index (χ0v) is 16.2. The van der Waals surface area contributed by atoms with Crippen LogP contribution in [0.15, 0.2) is 36.4 Å². The number of piperidine rings is 1. The van der Waals surface area contributed by atoms with Crippen molar-refractivity contribution in [1.82, 2.24) is 15.1 Å². The average molecular weight is 362 g/mol. The van der Waals surface area contributed by atoms with E-state index >= 15 is 0 Å². The van der Waals surface area contributed by atoms with Crippen molar-refractivity contribution >= 4 is 16.6 Å². The molecule has 5 heteroatoms. The van der Waals surface area contributed by atoms with E-state index < -0.39 is 0 Å². The van der Waals surface area contributed by atoms with Gasteiger partial charge in [0.25, 0.3) is 0 Å². The summed E-state index contributed by atoms with van der Waals surface area (Å²) in [6.07, 6.45) is 2.33. The number of nitrogens with zero attached hydrogens (tertiary/aromatic N) is 3. The standard InChI is InChI=1S/C22H26N4O/c1-14-6-8-17-19(11-14)21(18-9-7-15(2)12-20(18)27)24-25-22(17)23-16-5-4-10-26(3)13-16/h6-9,11-12,16,27H,4-5,10,13H2,1-3H3,(H,23,25). The predicted octanol–water partition coefficient (Wildman–Crippen LogP) is 4.13. The van der Waals surface area contributed by atoms with Gasteiger partial charge < -0.3 is 15.3 Å². The molecule has 0 bridgehead atoms. The van der Waals surface area contributed by atoms with Gasteiger partial charge in [-0.25, -0.2) is 0 Å². The Morgan fingerprint density at radius 1 is 1.04 bits per heavy atom. The first-order valence-electron chi connectivity index (χ1n) is 9.53. The maximum absolute atomic E-state index is 10.4. The fourth-order valence-electron chi connectivity index (χ4n) is 3.89. The first-order valence-corrected chi connectivity index (χ1v) is 9.53. The van der Waals surface area contributed by atoms with E-state index in [2.05, 4.69) is 52.6 Å². The molecule has 1 aliphatic rings. The van der Waals surface area contributed by atoms with Crippen LogP contribution in [0.25, 0.3) is 22.0 Å². The fraction of sp³-hybridized carbons (Fsp3) is 0.364. The zero-order chi connectivity index (χ0) is 19.0. The minimum absolute atomic E-state index is 0.238. The SMILES string of the molecule is Cc1ccc(-c2nnc(NC3CCCN(C)C3)c3ccc(C)cc23)c(O)c1. The van der Waals surface area contributed by atoms with Gasteiger partial charge in [-0.3, -0.25) is 0 Å². The van der Waals surface area contributed by atoms with Crippen LogP contribution in [-0.2, 0) is 0 Å². The van der Waals surface area contributed by atoms with Gasteiger partial charge in [0.15, 0.2) is 5.82 Å². The van der Waals surface area contributed by atoms with E-state index in [1.165, 1.54) is 6.42 Å². The Morgan fingerprint density at radius 2 is 1.81 bits per heavy atom. The van der Waals surface area contributed by atoms with Crippen molar-refractivity contribution in [2.75, 3.05) is 25.5 Å². The summed E-state index contributed by atoms with van der Waals surface area (Å²) >= 11 is 0. The number of phenols is 1. The zero-order valence-electron chi connectivity index (χ0n) is 16.2. The molecular formula is C22H26N4O. The van der Waals surface area contributed by atoms with Gasteiger partial charge in [-0.2, -0.15) is 0 Å². The van der Waals surface area contributed by atoms with E-state index in [1.54, 1.807) is 6.07 Å². The van der Waals surface area contributed by atoms with E-state index in [0.717, 1.165) is 52.9 Å². The predicted molar refractivity (Wildman–Crippen MR) is 110 cm³/mol. The molecule has 1 atom stereocenters. The van der Waals surface area contributed by atoms with Crippen molar-refractivity contribution in [1.29, 1.82) is 0 Å². The lowest BCUT2D eigenvalue weighted by molar-refractivity contribution is 0.261. The molecule has 0 saturated carbocycles. The van der Waals surface area contributed by atoms with Crippen LogP contribution >= 0.6 is 0 Å². The van der Waals surface area contributed by atoms with E-state index in [-0.39, 0.29) is 5.75 Å². The minimum atomic E-state index is 0.238. The molecule has 1 saturated heterocycles. The molecule has 2 heterocycles. The smallest absolute Gasteiger partial charge is 0.156 e. The number of anilines is 1. The second-order valence-electron chi connectivity index (χ2n) is 7.71. The molecule has 1 aromatic heterocycles. The molecule has 5 nitrogen and oxygen atoms in total. The van der Waals surface area contributed by atoms with Crippen LogP contribution in [0, 0.1) is 13.8 Å². The van der Waals surface area contributed by atoms with Crippen molar-refractivity contribution in [3.63, 3.8) is 0 Å². The van der Waals surface area contributed by atoms with Crippen LogP contribution in [-0.4, -0.2) is 46.4 Å². The Labute approximate surface area is 160 Å². The number of hydrogen-bond donors (Lipinski definition) is 2. The number of likely N-dealkylation sites (N-methyl/N-ethyl adjacent to an activating group) is 1. The maximum Gasteiger partial charge on any atom is 0.156 e. The summed E-state index contributed by atoms with van der Waals surface area (Å²) in [6.45, 7) is 6.19. The minimum Gasteiger partial charge on any atom is -0.507 e. The second kappa shape index (κ2) is 7.16. The van der Waals surface area contributed by atoms with Crippen molar-refractivity contribution in [3.05, 3.63) is 47.5 Å². The highest BCUT2D eigenvalue weighted by molar-refractivity contribution is 6.01. The summed E-state index contributed by atoms with van der Waals surface area (Å²) in [5.41, 5.74) is 3.61. The normalized spacial score (nSPS) is 18.0. The van der Waals surface area contributed by atoms with Gasteiger partial charge in [0.05, 0.1) is 0 Å². The van der Waals surface area contributed by atoms with Gasteiger partial charge in [-0.1, -0.05) is 23.8 Å². The van der Waals surface area contributed by atoms with Gasteiger partial charge in [-0.15, -0.1) is 10.2 Å². The number of phenolic OH excluding ortho intramolecular Hbond substituents is 1. The number of fused-ring (bicyclic) bond motifs is 1. The first-order chi connectivity index (χ1) is 13.0. The van der Waals surface area contributed by atoms with Crippen LogP contribution in [0.1, 0.15) is 24.0 Å². The average Bonchev–Trinajstić information content (AvgIpc) is 2.62. The highest BCUT2D eigenvalue weighted by Crippen LogP contribution is 2.35. The molecule has 140 valence electrons. The molecule has 27 heavy (non-hydrogen) atoms. The number of likely N-dealkylation sites (tertiary alicyclic amines) is 1. The van der Waals surface area contributed by atoms with Gasteiger partial charge in [0.1, 0.15) is 11.4 Å². The molecule has 4 rings (SSSR count). The molecule has 0 aliphatic carbocycles. The summed E-state index contributed by atoms with van der Waals surface area (Å²) in [7, 11) is 2.16. The van der Waals surface area contributed by atoms with E-state index in [9.17, 15) is 5.11 Å². The number of hydrogen-bond acceptors (Lipinski definition) is 5. The number of benzene rings is 2. The molecule has 0 spiro atoms. The highest BCUT2D eigenvalue weighted by atomic mass is 16.3. The lowest BCUT2D eigenvalue weighted by atomic mass is 10.0. The number of aromatic hydroxyl groups is 1. The van der Waals surface area contributed by atoms with Crippen molar-refractivity contribution in [2.45, 2.75) is 32.7 Å². The molecule has 2 aromatic carbocycles. The third kappa shape index (κ3) is 3.60. The topological polar surface area (TPSA) is 61.3 Å². The number of nitrogens with one attached hydrogen (secondary N) is 1. The Bertz CT molecular complexity index is 985. The third-order valence-corrected chi connectivity index (χ3v) is 5.31. The van der Waals surface area contributed by atoms with Gasteiger partial charge in [0, 0.05) is 28.9 Å². The van der Waals surface area contributed by atoms with Crippen LogP contribution < -0.4 is 5.32 Å². The highest BCUT2D eigenvalue weighted by Gasteiger charge is 2.20. The maximum atomic E-state index is 10.4. The quantitative estimate of drug-likeness (QED) is 0.734. The summed E-state index contributed by atoms with van der Waals surface area (Å²) in [5, 5.41) is 25.1. The van der Waals surface area contributed by atoms with E-state index in [4.69, 9.17) is 0 Å². The third-order valence-electron chi connectivity index (χ3n) is 5.31. The van der Waals surface area contributed by atoms with Crippen molar-refractivity contribution in [3.8, 4) is 17.0 Å². The molecule has 0 amide bonds. The molecule has 1 unspecified atom stereocenters. The molecule has 0 radical (unpaired) electrons. The van der Waals surface area contributed by atoms with Gasteiger partial charge in [0.2, 0.25) is 0 Å². The van der Waals surface area contributed by atoms with Crippen molar-refractivity contribution in [2.24, 2.45) is 0 Å². The molecule has 1 fully saturated rings. The van der Waals surface area contributed by atoms with Crippen LogP contribution in [0.3, 0.4) is 0 Å². The largest absolute Gasteiger partial charge is 0.507 e. The summed E-state index contributed by atoms with van der Waals surface area (Å²) in [5.74, 6) is 1.06. The lowest BCUT2D eigenvalue weighted by Gasteiger charge is -2.30. The van der Waals surface area contributed by atoms with Gasteiger partial charge >= 0.3 is 0 Å². The van der Waals surface area contributed by atoms with E-state index in [0.29, 0.717) is 11.6 Å². The molecule has 1 aliphatic heterocycles.